The van der Waals surface area contributed by atoms with Gasteiger partial charge in [-0.2, -0.15) is 0 Å². The van der Waals surface area contributed by atoms with E-state index >= 15 is 0 Å². The van der Waals surface area contributed by atoms with E-state index in [-0.39, 0.29) is 30.0 Å². The summed E-state index contributed by atoms with van der Waals surface area (Å²) in [6, 6.07) is 18.1. The molecule has 0 saturated carbocycles. The standard InChI is InChI=1S/C25H31N5O2.HI/c1-26-25(29-18-23(24-11-7-15-31-24)30-13-4-5-14-30)28-17-20-8-6-10-22(16-20)32-19-21-9-2-3-12-27-21;/h2-3,6-12,15-16,23H,4-5,13-14,17-19H2,1H3,(H2,26,28,29);1H. The third kappa shape index (κ3) is 7.46. The van der Waals surface area contributed by atoms with Gasteiger partial charge in [0.05, 0.1) is 18.0 Å². The number of aliphatic imine (C=N–C) groups is 1. The molecular formula is C25H32IN5O2. The van der Waals surface area contributed by atoms with Crippen molar-refractivity contribution in [2.45, 2.75) is 32.0 Å². The van der Waals surface area contributed by atoms with E-state index in [1.54, 1.807) is 19.5 Å². The van der Waals surface area contributed by atoms with Crippen molar-refractivity contribution in [1.29, 1.82) is 0 Å². The Kier molecular flexibility index (Phi) is 10.0. The highest BCUT2D eigenvalue weighted by Gasteiger charge is 2.25. The van der Waals surface area contributed by atoms with Crippen LogP contribution in [0.4, 0.5) is 0 Å². The van der Waals surface area contributed by atoms with Gasteiger partial charge < -0.3 is 19.8 Å². The van der Waals surface area contributed by atoms with Crippen molar-refractivity contribution in [3.05, 3.63) is 84.1 Å². The van der Waals surface area contributed by atoms with Gasteiger partial charge >= 0.3 is 0 Å². The minimum Gasteiger partial charge on any atom is -0.487 e. The van der Waals surface area contributed by atoms with Crippen LogP contribution < -0.4 is 15.4 Å². The average molecular weight is 561 g/mol. The Balaban J connectivity index is 0.00000306. The van der Waals surface area contributed by atoms with Crippen LogP contribution in [0.2, 0.25) is 0 Å². The van der Waals surface area contributed by atoms with E-state index in [4.69, 9.17) is 9.15 Å². The first-order valence-electron chi connectivity index (χ1n) is 11.2. The highest BCUT2D eigenvalue weighted by atomic mass is 127. The van der Waals surface area contributed by atoms with Crippen molar-refractivity contribution in [2.75, 3.05) is 26.7 Å². The van der Waals surface area contributed by atoms with Crippen molar-refractivity contribution in [3.63, 3.8) is 0 Å². The van der Waals surface area contributed by atoms with Crippen LogP contribution in [-0.2, 0) is 13.2 Å². The lowest BCUT2D eigenvalue weighted by molar-refractivity contribution is 0.215. The molecule has 1 aliphatic heterocycles. The van der Waals surface area contributed by atoms with E-state index in [2.05, 4.69) is 37.6 Å². The monoisotopic (exact) mass is 561 g/mol. The number of aromatic nitrogens is 1. The van der Waals surface area contributed by atoms with Gasteiger partial charge in [-0.1, -0.05) is 18.2 Å². The quantitative estimate of drug-likeness (QED) is 0.230. The summed E-state index contributed by atoms with van der Waals surface area (Å²) in [5.41, 5.74) is 2.03. The van der Waals surface area contributed by atoms with Crippen LogP contribution in [0.25, 0.3) is 0 Å². The molecule has 7 nitrogen and oxygen atoms in total. The first kappa shape index (κ1) is 25.0. The lowest BCUT2D eigenvalue weighted by Gasteiger charge is -2.26. The van der Waals surface area contributed by atoms with Gasteiger partial charge in [0.25, 0.3) is 0 Å². The Bertz CT molecular complexity index is 975. The second-order valence-corrected chi connectivity index (χ2v) is 7.84. The fraction of sp³-hybridized carbons (Fsp3) is 0.360. The minimum absolute atomic E-state index is 0. The van der Waals surface area contributed by atoms with Gasteiger partial charge in [0, 0.05) is 26.3 Å². The number of guanidine groups is 1. The number of ether oxygens (including phenoxy) is 1. The summed E-state index contributed by atoms with van der Waals surface area (Å²) in [6.07, 6.45) is 6.00. The topological polar surface area (TPSA) is 74.9 Å². The minimum atomic E-state index is 0. The second kappa shape index (κ2) is 13.2. The summed E-state index contributed by atoms with van der Waals surface area (Å²) in [6.45, 7) is 4.04. The van der Waals surface area contributed by atoms with Gasteiger partial charge in [0.1, 0.15) is 18.1 Å². The van der Waals surface area contributed by atoms with E-state index in [1.807, 2.05) is 42.5 Å². The summed E-state index contributed by atoms with van der Waals surface area (Å²) < 4.78 is 11.6. The highest BCUT2D eigenvalue weighted by molar-refractivity contribution is 14.0. The number of halogens is 1. The number of nitrogens with one attached hydrogen (secondary N) is 2. The molecular weight excluding hydrogens is 529 g/mol. The molecule has 3 aromatic rings. The highest BCUT2D eigenvalue weighted by Crippen LogP contribution is 2.24. The molecule has 1 aliphatic rings. The van der Waals surface area contributed by atoms with Crippen LogP contribution in [0.3, 0.4) is 0 Å². The summed E-state index contributed by atoms with van der Waals surface area (Å²) in [7, 11) is 1.79. The lowest BCUT2D eigenvalue weighted by atomic mass is 10.2. The van der Waals surface area contributed by atoms with E-state index < -0.39 is 0 Å². The zero-order chi connectivity index (χ0) is 22.0. The van der Waals surface area contributed by atoms with Crippen LogP contribution in [0.5, 0.6) is 5.75 Å². The summed E-state index contributed by atoms with van der Waals surface area (Å²) >= 11 is 0. The lowest BCUT2D eigenvalue weighted by Crippen LogP contribution is -2.42. The SMILES string of the molecule is CN=C(NCc1cccc(OCc2ccccn2)c1)NCC(c1ccco1)N1CCCC1.I. The predicted molar refractivity (Wildman–Crippen MR) is 141 cm³/mol. The molecule has 0 aliphatic carbocycles. The van der Waals surface area contributed by atoms with E-state index in [9.17, 15) is 0 Å². The zero-order valence-electron chi connectivity index (χ0n) is 18.9. The fourth-order valence-electron chi connectivity index (χ4n) is 3.93. The maximum atomic E-state index is 5.89. The van der Waals surface area contributed by atoms with Crippen molar-refractivity contribution < 1.29 is 9.15 Å². The van der Waals surface area contributed by atoms with E-state index in [1.165, 1.54) is 12.8 Å². The number of benzene rings is 1. The maximum Gasteiger partial charge on any atom is 0.191 e. The van der Waals surface area contributed by atoms with Crippen LogP contribution in [0, 0.1) is 0 Å². The second-order valence-electron chi connectivity index (χ2n) is 7.84. The number of nitrogens with zero attached hydrogens (tertiary/aromatic N) is 3. The maximum absolute atomic E-state index is 5.89. The third-order valence-electron chi connectivity index (χ3n) is 5.61. The first-order chi connectivity index (χ1) is 15.8. The molecule has 176 valence electrons. The van der Waals surface area contributed by atoms with Gasteiger partial charge in [-0.25, -0.2) is 0 Å². The van der Waals surface area contributed by atoms with Crippen molar-refractivity contribution in [2.24, 2.45) is 4.99 Å². The van der Waals surface area contributed by atoms with Crippen LogP contribution in [-0.4, -0.2) is 42.5 Å². The smallest absolute Gasteiger partial charge is 0.191 e. The van der Waals surface area contributed by atoms with Crippen LogP contribution >= 0.6 is 24.0 Å². The third-order valence-corrected chi connectivity index (χ3v) is 5.61. The van der Waals surface area contributed by atoms with Gasteiger partial charge in [0.15, 0.2) is 5.96 Å². The number of rotatable bonds is 9. The van der Waals surface area contributed by atoms with Gasteiger partial charge in [-0.15, -0.1) is 24.0 Å². The number of hydrogen-bond acceptors (Lipinski definition) is 5. The number of likely N-dealkylation sites (tertiary alicyclic amines) is 1. The molecule has 1 fully saturated rings. The Hall–Kier alpha value is -2.59. The van der Waals surface area contributed by atoms with Gasteiger partial charge in [-0.3, -0.25) is 14.9 Å². The van der Waals surface area contributed by atoms with Gasteiger partial charge in [0.2, 0.25) is 0 Å². The molecule has 8 heteroatoms. The van der Waals surface area contributed by atoms with Gasteiger partial charge in [-0.05, 0) is 67.9 Å². The average Bonchev–Trinajstić information content (AvgIpc) is 3.56. The molecule has 1 aromatic carbocycles. The van der Waals surface area contributed by atoms with E-state index in [0.717, 1.165) is 48.4 Å². The largest absolute Gasteiger partial charge is 0.487 e. The molecule has 1 atom stereocenters. The Morgan fingerprint density at radius 1 is 1.12 bits per heavy atom. The number of furan rings is 1. The molecule has 2 N–H and O–H groups in total. The molecule has 1 unspecified atom stereocenters. The summed E-state index contributed by atoms with van der Waals surface area (Å²) in [5, 5.41) is 6.86. The molecule has 2 aromatic heterocycles. The fourth-order valence-corrected chi connectivity index (χ4v) is 3.93. The Morgan fingerprint density at radius 3 is 2.73 bits per heavy atom. The normalized spacial score (nSPS) is 15.0. The molecule has 0 amide bonds. The van der Waals surface area contributed by atoms with Crippen molar-refractivity contribution in [1.82, 2.24) is 20.5 Å². The molecule has 0 radical (unpaired) electrons. The first-order valence-corrected chi connectivity index (χ1v) is 11.2. The summed E-state index contributed by atoms with van der Waals surface area (Å²) in [5.74, 6) is 2.58. The Labute approximate surface area is 212 Å². The zero-order valence-corrected chi connectivity index (χ0v) is 21.3. The molecule has 1 saturated heterocycles. The number of hydrogen-bond donors (Lipinski definition) is 2. The van der Waals surface area contributed by atoms with Crippen LogP contribution in [0.1, 0.15) is 35.9 Å². The molecule has 4 rings (SSSR count). The van der Waals surface area contributed by atoms with Crippen LogP contribution in [0.15, 0.2) is 76.5 Å². The van der Waals surface area contributed by atoms with Crippen molar-refractivity contribution >= 4 is 29.9 Å². The van der Waals surface area contributed by atoms with Crippen molar-refractivity contribution in [3.8, 4) is 5.75 Å². The Morgan fingerprint density at radius 2 is 2.00 bits per heavy atom. The summed E-state index contributed by atoms with van der Waals surface area (Å²) in [4.78, 5) is 11.2. The number of pyridine rings is 1. The molecule has 3 heterocycles. The molecule has 0 bridgehead atoms. The molecule has 0 spiro atoms. The predicted octanol–water partition coefficient (Wildman–Crippen LogP) is 4.37. The molecule has 33 heavy (non-hydrogen) atoms. The van der Waals surface area contributed by atoms with E-state index in [0.29, 0.717) is 13.2 Å².